The molecular weight excluding hydrogens is 298 g/mol. The van der Waals surface area contributed by atoms with E-state index in [1.165, 1.54) is 24.6 Å². The van der Waals surface area contributed by atoms with Gasteiger partial charge >= 0.3 is 0 Å². The van der Waals surface area contributed by atoms with E-state index in [0.717, 1.165) is 5.69 Å². The smallest absolute Gasteiger partial charge is 0.295 e. The van der Waals surface area contributed by atoms with Gasteiger partial charge in [0.25, 0.3) is 10.1 Å². The first-order valence-corrected chi connectivity index (χ1v) is 7.07. The van der Waals surface area contributed by atoms with Gasteiger partial charge in [0.15, 0.2) is 6.39 Å². The summed E-state index contributed by atoms with van der Waals surface area (Å²) in [7, 11) is -4.28. The zero-order valence-electron chi connectivity index (χ0n) is 10.8. The van der Waals surface area contributed by atoms with Crippen LogP contribution < -0.4 is 0 Å². The number of aryl methyl sites for hydroxylation is 1. The molecule has 0 radical (unpaired) electrons. The highest BCUT2D eigenvalue weighted by Gasteiger charge is 2.17. The molecule has 0 bridgehead atoms. The van der Waals surface area contributed by atoms with Crippen molar-refractivity contribution in [3.63, 3.8) is 0 Å². The zero-order valence-corrected chi connectivity index (χ0v) is 11.6. The molecule has 0 spiro atoms. The second-order valence-corrected chi connectivity index (χ2v) is 5.23. The number of tetrazole rings is 1. The molecule has 0 amide bonds. The van der Waals surface area contributed by atoms with E-state index < -0.39 is 10.1 Å². The average molecular weight is 309 g/mol. The van der Waals surface area contributed by atoms with E-state index >= 15 is 0 Å². The quantitative estimate of drug-likeness (QED) is 0.672. The number of benzene rings is 1. The first kappa shape index (κ1) is 14.8. The van der Waals surface area contributed by atoms with Gasteiger partial charge in [-0.05, 0) is 24.3 Å². The number of aromatic nitrogens is 5. The second kappa shape index (κ2) is 6.24. The molecule has 0 saturated carbocycles. The van der Waals surface area contributed by atoms with Crippen LogP contribution in [0.4, 0.5) is 0 Å². The third-order valence-corrected chi connectivity index (χ3v) is 3.22. The number of nitrogens with one attached hydrogen (secondary N) is 1. The summed E-state index contributed by atoms with van der Waals surface area (Å²) >= 11 is 0. The van der Waals surface area contributed by atoms with Gasteiger partial charge < -0.3 is 4.42 Å². The van der Waals surface area contributed by atoms with Crippen LogP contribution in [-0.2, 0) is 10.1 Å². The topological polar surface area (TPSA) is 135 Å². The van der Waals surface area contributed by atoms with Crippen LogP contribution in [0.25, 0.3) is 11.4 Å². The van der Waals surface area contributed by atoms with Crippen LogP contribution in [0.1, 0.15) is 5.69 Å². The summed E-state index contributed by atoms with van der Waals surface area (Å²) in [6, 6.07) is 5.85. The Morgan fingerprint density at radius 2 is 2.05 bits per heavy atom. The number of aromatic amines is 1. The van der Waals surface area contributed by atoms with Crippen LogP contribution in [0.3, 0.4) is 0 Å². The van der Waals surface area contributed by atoms with Crippen LogP contribution in [0.5, 0.6) is 0 Å². The maximum Gasteiger partial charge on any atom is 0.295 e. The Bertz CT molecular complexity index is 784. The molecule has 0 atom stereocenters. The Labute approximate surface area is 119 Å². The molecule has 0 aliphatic rings. The summed E-state index contributed by atoms with van der Waals surface area (Å²) in [6.45, 7) is 1.88. The fourth-order valence-corrected chi connectivity index (χ4v) is 2.11. The minimum Gasteiger partial charge on any atom is -0.452 e. The highest BCUT2D eigenvalue weighted by molar-refractivity contribution is 7.86. The van der Waals surface area contributed by atoms with Crippen molar-refractivity contribution >= 4 is 10.1 Å². The fourth-order valence-electron chi connectivity index (χ4n) is 1.43. The van der Waals surface area contributed by atoms with Crippen molar-refractivity contribution in [2.75, 3.05) is 0 Å². The monoisotopic (exact) mass is 309 g/mol. The van der Waals surface area contributed by atoms with Crippen LogP contribution in [0, 0.1) is 6.92 Å². The molecule has 0 aliphatic carbocycles. The lowest BCUT2D eigenvalue weighted by Gasteiger charge is -2.01. The number of hydrogen-bond donors (Lipinski definition) is 2. The number of H-pyrrole nitrogens is 1. The third kappa shape index (κ3) is 3.94. The Balaban J connectivity index is 0.000000225. The summed E-state index contributed by atoms with van der Waals surface area (Å²) < 4.78 is 35.6. The molecule has 110 valence electrons. The average Bonchev–Trinajstić information content (AvgIpc) is 3.11. The summed E-state index contributed by atoms with van der Waals surface area (Å²) in [4.78, 5) is 3.51. The Kier molecular flexibility index (Phi) is 4.40. The Hall–Kier alpha value is -2.59. The van der Waals surface area contributed by atoms with E-state index in [2.05, 4.69) is 30.0 Å². The van der Waals surface area contributed by atoms with Crippen molar-refractivity contribution in [2.24, 2.45) is 0 Å². The van der Waals surface area contributed by atoms with Gasteiger partial charge in [-0.25, -0.2) is 4.98 Å². The molecule has 0 fully saturated rings. The molecule has 2 N–H and O–H groups in total. The first-order chi connectivity index (χ1) is 9.98. The van der Waals surface area contributed by atoms with E-state index in [1.807, 2.05) is 6.92 Å². The molecule has 1 aromatic carbocycles. The lowest BCUT2D eigenvalue weighted by atomic mass is 10.2. The van der Waals surface area contributed by atoms with Gasteiger partial charge in [0.1, 0.15) is 11.2 Å². The molecule has 21 heavy (non-hydrogen) atoms. The highest BCUT2D eigenvalue weighted by Crippen LogP contribution is 2.22. The van der Waals surface area contributed by atoms with Crippen LogP contribution in [0.15, 0.2) is 46.2 Å². The SMILES string of the molecule is Cc1cocn1.O=S(=O)(O)c1ccccc1-c1nn[nH]n1. The number of rotatable bonds is 2. The van der Waals surface area contributed by atoms with Gasteiger partial charge in [-0.15, -0.1) is 10.2 Å². The normalized spacial score (nSPS) is 10.8. The van der Waals surface area contributed by atoms with Crippen LogP contribution in [-0.4, -0.2) is 38.6 Å². The predicted octanol–water partition coefficient (Wildman–Crippen LogP) is 1.10. The lowest BCUT2D eigenvalue weighted by molar-refractivity contribution is 0.483. The van der Waals surface area contributed by atoms with Crippen molar-refractivity contribution in [1.82, 2.24) is 25.6 Å². The van der Waals surface area contributed by atoms with E-state index in [4.69, 9.17) is 4.55 Å². The minimum absolute atomic E-state index is 0.114. The summed E-state index contributed by atoms with van der Waals surface area (Å²) in [5.74, 6) is 0.114. The summed E-state index contributed by atoms with van der Waals surface area (Å²) in [6.07, 6.45) is 3.01. The van der Waals surface area contributed by atoms with Crippen molar-refractivity contribution in [3.8, 4) is 11.4 Å². The number of hydrogen-bond acceptors (Lipinski definition) is 7. The fraction of sp³-hybridized carbons (Fsp3) is 0.0909. The van der Waals surface area contributed by atoms with Gasteiger partial charge in [0, 0.05) is 5.56 Å². The lowest BCUT2D eigenvalue weighted by Crippen LogP contribution is -2.01. The van der Waals surface area contributed by atoms with Gasteiger partial charge in [-0.2, -0.15) is 13.6 Å². The maximum atomic E-state index is 11.0. The van der Waals surface area contributed by atoms with Crippen LogP contribution >= 0.6 is 0 Å². The molecule has 2 heterocycles. The van der Waals surface area contributed by atoms with E-state index in [0.29, 0.717) is 0 Å². The van der Waals surface area contributed by atoms with Gasteiger partial charge in [0.2, 0.25) is 5.82 Å². The molecule has 9 nitrogen and oxygen atoms in total. The molecule has 0 aliphatic heterocycles. The van der Waals surface area contributed by atoms with Crippen LogP contribution in [0.2, 0.25) is 0 Å². The predicted molar refractivity (Wildman–Crippen MR) is 70.7 cm³/mol. The molecule has 0 unspecified atom stereocenters. The zero-order chi connectivity index (χ0) is 15.3. The van der Waals surface area contributed by atoms with E-state index in [-0.39, 0.29) is 16.3 Å². The van der Waals surface area contributed by atoms with E-state index in [9.17, 15) is 8.42 Å². The molecular formula is C11H11N5O4S. The molecule has 0 saturated heterocycles. The van der Waals surface area contributed by atoms with Gasteiger partial charge in [-0.3, -0.25) is 4.55 Å². The molecule has 3 aromatic rings. The standard InChI is InChI=1S/C7H6N4O3S.C4H5NO/c12-15(13,14)6-4-2-1-3-5(6)7-8-10-11-9-7;1-4-2-6-3-5-4/h1-4H,(H,12,13,14)(H,8,9,10,11);2-3H,1H3. The summed E-state index contributed by atoms with van der Waals surface area (Å²) in [5.41, 5.74) is 1.13. The van der Waals surface area contributed by atoms with Crippen molar-refractivity contribution in [3.05, 3.63) is 42.6 Å². The van der Waals surface area contributed by atoms with Crippen molar-refractivity contribution in [1.29, 1.82) is 0 Å². The molecule has 3 rings (SSSR count). The second-order valence-electron chi connectivity index (χ2n) is 3.84. The Morgan fingerprint density at radius 1 is 1.29 bits per heavy atom. The number of oxazole rings is 1. The van der Waals surface area contributed by atoms with Crippen molar-refractivity contribution < 1.29 is 17.4 Å². The highest BCUT2D eigenvalue weighted by atomic mass is 32.2. The minimum atomic E-state index is -4.28. The van der Waals surface area contributed by atoms with E-state index in [1.54, 1.807) is 12.3 Å². The summed E-state index contributed by atoms with van der Waals surface area (Å²) in [5, 5.41) is 12.8. The van der Waals surface area contributed by atoms with Gasteiger partial charge in [-0.1, -0.05) is 12.1 Å². The van der Waals surface area contributed by atoms with Gasteiger partial charge in [0.05, 0.1) is 5.69 Å². The largest absolute Gasteiger partial charge is 0.452 e. The first-order valence-electron chi connectivity index (χ1n) is 5.63. The maximum absolute atomic E-state index is 11.0. The van der Waals surface area contributed by atoms with Crippen molar-refractivity contribution in [2.45, 2.75) is 11.8 Å². The number of nitrogens with zero attached hydrogens (tertiary/aromatic N) is 4. The third-order valence-electron chi connectivity index (χ3n) is 2.31. The molecule has 2 aromatic heterocycles. The Morgan fingerprint density at radius 3 is 2.52 bits per heavy atom. The molecule has 10 heteroatoms.